The van der Waals surface area contributed by atoms with Gasteiger partial charge in [-0.05, 0) is 52.4 Å². The Kier molecular flexibility index (Phi) is 1.98. The van der Waals surface area contributed by atoms with Crippen LogP contribution in [-0.4, -0.2) is 11.7 Å². The molecule has 0 N–H and O–H groups in total. The molecule has 0 fully saturated rings. The summed E-state index contributed by atoms with van der Waals surface area (Å²) in [5.41, 5.74) is 2.71. The van der Waals surface area contributed by atoms with Crippen LogP contribution < -0.4 is 5.46 Å². The Bertz CT molecular complexity index is 712. The summed E-state index contributed by atoms with van der Waals surface area (Å²) in [4.78, 5) is 2.25. The van der Waals surface area contributed by atoms with Gasteiger partial charge >= 0.3 is 6.85 Å². The number of rotatable bonds is 0. The molecule has 18 heavy (non-hydrogen) atoms. The van der Waals surface area contributed by atoms with Crippen LogP contribution in [0.1, 0.15) is 5.56 Å². The quantitative estimate of drug-likeness (QED) is 0.628. The van der Waals surface area contributed by atoms with E-state index < -0.39 is 0 Å². The van der Waals surface area contributed by atoms with Gasteiger partial charge in [0.2, 0.25) is 0 Å². The monoisotopic (exact) mass is 229 g/mol. The zero-order valence-corrected chi connectivity index (χ0v) is 9.95. The highest BCUT2D eigenvalue weighted by atomic mass is 15.0. The summed E-state index contributed by atoms with van der Waals surface area (Å²) in [7, 11) is 0. The van der Waals surface area contributed by atoms with Crippen LogP contribution in [0.15, 0.2) is 66.9 Å². The molecule has 0 unspecified atom stereocenters. The summed E-state index contributed by atoms with van der Waals surface area (Å²) >= 11 is 0. The normalized spacial score (nSPS) is 16.0. The first-order chi connectivity index (χ1) is 8.92. The molecule has 2 heterocycles. The Morgan fingerprint density at radius 3 is 2.61 bits per heavy atom. The molecule has 0 spiro atoms. The molecule has 0 radical (unpaired) electrons. The minimum absolute atomic E-state index is 0.347. The van der Waals surface area contributed by atoms with Crippen molar-refractivity contribution in [1.29, 1.82) is 0 Å². The zero-order chi connectivity index (χ0) is 11.9. The topological polar surface area (TPSA) is 3.24 Å². The second kappa shape index (κ2) is 3.64. The van der Waals surface area contributed by atoms with Crippen molar-refractivity contribution in [3.8, 4) is 0 Å². The number of nitrogens with zero attached hydrogens (tertiary/aromatic N) is 1. The third kappa shape index (κ3) is 1.35. The van der Waals surface area contributed by atoms with Crippen molar-refractivity contribution in [3.05, 3.63) is 72.5 Å². The van der Waals surface area contributed by atoms with E-state index in [4.69, 9.17) is 0 Å². The molecule has 2 aliphatic heterocycles. The summed E-state index contributed by atoms with van der Waals surface area (Å²) in [5.74, 6) is 2.25. The molecule has 2 aliphatic rings. The number of hydrogen-bond acceptors (Lipinski definition) is 1. The molecule has 2 aromatic rings. The Labute approximate surface area is 107 Å². The fourth-order valence-corrected chi connectivity index (χ4v) is 2.76. The van der Waals surface area contributed by atoms with Crippen LogP contribution in [0.5, 0.6) is 0 Å². The number of fused-ring (bicyclic) bond motifs is 4. The third-order valence-corrected chi connectivity index (χ3v) is 3.68. The lowest BCUT2D eigenvalue weighted by Crippen LogP contribution is -2.45. The Balaban J connectivity index is 1.98. The van der Waals surface area contributed by atoms with Gasteiger partial charge in [-0.2, -0.15) is 0 Å². The molecule has 2 aromatic carbocycles. The van der Waals surface area contributed by atoms with E-state index in [1.165, 1.54) is 21.8 Å². The average Bonchev–Trinajstić information content (AvgIpc) is 2.45. The molecule has 4 rings (SSSR count). The Morgan fingerprint density at radius 1 is 0.889 bits per heavy atom. The molecule has 0 saturated heterocycles. The van der Waals surface area contributed by atoms with Gasteiger partial charge in [0, 0.05) is 0 Å². The summed E-state index contributed by atoms with van der Waals surface area (Å²) in [6.07, 6.45) is 10.7. The third-order valence-electron chi connectivity index (χ3n) is 3.68. The van der Waals surface area contributed by atoms with Gasteiger partial charge in [0.15, 0.2) is 0 Å². The van der Waals surface area contributed by atoms with Crippen LogP contribution >= 0.6 is 0 Å². The lowest BCUT2D eigenvalue weighted by molar-refractivity contribution is 0.797. The number of hydrogen-bond donors (Lipinski definition) is 0. The molecular weight excluding hydrogens is 217 g/mol. The van der Waals surface area contributed by atoms with Crippen LogP contribution in [0.25, 0.3) is 16.8 Å². The van der Waals surface area contributed by atoms with Gasteiger partial charge in [0.25, 0.3) is 0 Å². The summed E-state index contributed by atoms with van der Waals surface area (Å²) in [6.45, 7) is 0.347. The van der Waals surface area contributed by atoms with E-state index in [0.717, 1.165) is 0 Å². The van der Waals surface area contributed by atoms with E-state index >= 15 is 0 Å². The van der Waals surface area contributed by atoms with Crippen molar-refractivity contribution < 1.29 is 0 Å². The standard InChI is InChI=1S/C16H12BN/c1-2-6-14-12-16-15(11-13(14)5-1)7-10-18-9-4-3-8-17(16)18/h1-12H. The van der Waals surface area contributed by atoms with Crippen LogP contribution in [0, 0.1) is 0 Å². The van der Waals surface area contributed by atoms with Crippen molar-refractivity contribution >= 4 is 29.2 Å². The summed E-state index contributed by atoms with van der Waals surface area (Å²) in [5, 5.41) is 2.62. The maximum Gasteiger partial charge on any atom is 0.320 e. The SMILES string of the molecule is C1=CB2c3cc4ccccc4cc3C=CN2C=C1. The van der Waals surface area contributed by atoms with Gasteiger partial charge in [-0.25, -0.2) is 0 Å². The van der Waals surface area contributed by atoms with Gasteiger partial charge in [-0.15, -0.1) is 0 Å². The van der Waals surface area contributed by atoms with E-state index in [9.17, 15) is 0 Å². The molecular formula is C16H12BN. The van der Waals surface area contributed by atoms with Gasteiger partial charge in [0.1, 0.15) is 0 Å². The first kappa shape index (κ1) is 9.78. The highest BCUT2D eigenvalue weighted by Gasteiger charge is 2.25. The van der Waals surface area contributed by atoms with E-state index in [1.54, 1.807) is 0 Å². The van der Waals surface area contributed by atoms with E-state index in [0.29, 0.717) is 6.85 Å². The summed E-state index contributed by atoms with van der Waals surface area (Å²) in [6, 6.07) is 13.1. The maximum absolute atomic E-state index is 2.31. The Hall–Kier alpha value is -2.22. The van der Waals surface area contributed by atoms with Crippen molar-refractivity contribution in [2.45, 2.75) is 0 Å². The van der Waals surface area contributed by atoms with Crippen LogP contribution in [0.4, 0.5) is 0 Å². The van der Waals surface area contributed by atoms with Crippen LogP contribution in [-0.2, 0) is 0 Å². The molecule has 2 heteroatoms. The van der Waals surface area contributed by atoms with E-state index in [1.807, 2.05) is 0 Å². The first-order valence-corrected chi connectivity index (χ1v) is 6.25. The molecule has 0 amide bonds. The van der Waals surface area contributed by atoms with Crippen LogP contribution in [0.2, 0.25) is 0 Å². The minimum atomic E-state index is 0.347. The van der Waals surface area contributed by atoms with Gasteiger partial charge < -0.3 is 4.81 Å². The molecule has 0 aliphatic carbocycles. The Morgan fingerprint density at radius 2 is 1.72 bits per heavy atom. The zero-order valence-electron chi connectivity index (χ0n) is 9.95. The number of allylic oxidation sites excluding steroid dienone is 2. The second-order valence-electron chi connectivity index (χ2n) is 4.76. The molecule has 0 bridgehead atoms. The predicted octanol–water partition coefficient (Wildman–Crippen LogP) is 2.95. The molecule has 84 valence electrons. The molecule has 0 atom stereocenters. The van der Waals surface area contributed by atoms with Crippen molar-refractivity contribution in [1.82, 2.24) is 4.81 Å². The molecule has 0 aromatic heterocycles. The van der Waals surface area contributed by atoms with E-state index in [-0.39, 0.29) is 0 Å². The highest BCUT2D eigenvalue weighted by Crippen LogP contribution is 2.21. The van der Waals surface area contributed by atoms with Gasteiger partial charge in [-0.3, -0.25) is 0 Å². The maximum atomic E-state index is 2.31. The first-order valence-electron chi connectivity index (χ1n) is 6.25. The van der Waals surface area contributed by atoms with Crippen molar-refractivity contribution in [2.75, 3.05) is 0 Å². The van der Waals surface area contributed by atoms with Crippen molar-refractivity contribution in [3.63, 3.8) is 0 Å². The smallest absolute Gasteiger partial charge is 0.320 e. The molecule has 0 saturated carbocycles. The second-order valence-corrected chi connectivity index (χ2v) is 4.76. The lowest BCUT2D eigenvalue weighted by Gasteiger charge is -2.29. The fourth-order valence-electron chi connectivity index (χ4n) is 2.76. The van der Waals surface area contributed by atoms with Crippen molar-refractivity contribution in [2.24, 2.45) is 0 Å². The highest BCUT2D eigenvalue weighted by molar-refractivity contribution is 6.77. The average molecular weight is 229 g/mol. The molecule has 1 nitrogen and oxygen atoms in total. The van der Waals surface area contributed by atoms with Gasteiger partial charge in [0.05, 0.1) is 0 Å². The summed E-state index contributed by atoms with van der Waals surface area (Å²) < 4.78 is 0. The van der Waals surface area contributed by atoms with Gasteiger partial charge in [-0.1, -0.05) is 42.4 Å². The minimum Gasteiger partial charge on any atom is -0.389 e. The van der Waals surface area contributed by atoms with E-state index in [2.05, 4.69) is 77.8 Å². The number of benzene rings is 2. The fraction of sp³-hybridized carbons (Fsp3) is 0. The predicted molar refractivity (Wildman–Crippen MR) is 78.5 cm³/mol. The van der Waals surface area contributed by atoms with Crippen LogP contribution in [0.3, 0.4) is 0 Å². The largest absolute Gasteiger partial charge is 0.389 e. The lowest BCUT2D eigenvalue weighted by atomic mass is 9.51.